The average molecular weight is 277 g/mol. The first-order chi connectivity index (χ1) is 9.74. The van der Waals surface area contributed by atoms with Crippen LogP contribution in [0.25, 0.3) is 0 Å². The van der Waals surface area contributed by atoms with Gasteiger partial charge in [0.1, 0.15) is 5.75 Å². The molecule has 0 aliphatic heterocycles. The fourth-order valence-corrected chi connectivity index (χ4v) is 3.03. The van der Waals surface area contributed by atoms with E-state index in [9.17, 15) is 0 Å². The number of hydrogen-bond acceptors (Lipinski definition) is 3. The SMILES string of the molecule is CCC1CCCCC1OCC(N)c1ccc(OC)cc1. The molecule has 112 valence electrons. The molecule has 0 bridgehead atoms. The zero-order chi connectivity index (χ0) is 14.4. The van der Waals surface area contributed by atoms with Gasteiger partial charge in [-0.05, 0) is 36.5 Å². The molecule has 0 radical (unpaired) electrons. The third kappa shape index (κ3) is 3.97. The summed E-state index contributed by atoms with van der Waals surface area (Å²) in [5.74, 6) is 1.58. The smallest absolute Gasteiger partial charge is 0.118 e. The first-order valence-corrected chi connectivity index (χ1v) is 7.75. The quantitative estimate of drug-likeness (QED) is 0.862. The topological polar surface area (TPSA) is 44.5 Å². The van der Waals surface area contributed by atoms with Crippen LogP contribution in [0.4, 0.5) is 0 Å². The highest BCUT2D eigenvalue weighted by Crippen LogP contribution is 2.29. The van der Waals surface area contributed by atoms with Crippen molar-refractivity contribution in [3.05, 3.63) is 29.8 Å². The van der Waals surface area contributed by atoms with E-state index in [1.807, 2.05) is 24.3 Å². The Morgan fingerprint density at radius 2 is 1.90 bits per heavy atom. The molecule has 1 saturated carbocycles. The standard InChI is InChI=1S/C17H27NO2/c1-3-13-6-4-5-7-17(13)20-12-16(18)14-8-10-15(19-2)11-9-14/h8-11,13,16-17H,3-7,12,18H2,1-2H3. The molecule has 3 atom stereocenters. The third-order valence-corrected chi connectivity index (χ3v) is 4.40. The van der Waals surface area contributed by atoms with Gasteiger partial charge in [0.05, 0.1) is 25.9 Å². The molecule has 0 amide bonds. The van der Waals surface area contributed by atoms with Gasteiger partial charge in [-0.15, -0.1) is 0 Å². The van der Waals surface area contributed by atoms with Gasteiger partial charge < -0.3 is 15.2 Å². The minimum atomic E-state index is -0.0552. The van der Waals surface area contributed by atoms with Gasteiger partial charge in [0.15, 0.2) is 0 Å². The van der Waals surface area contributed by atoms with E-state index in [0.29, 0.717) is 18.6 Å². The Hall–Kier alpha value is -1.06. The maximum absolute atomic E-state index is 6.22. The Balaban J connectivity index is 1.85. The largest absolute Gasteiger partial charge is 0.497 e. The molecular formula is C17H27NO2. The summed E-state index contributed by atoms with van der Waals surface area (Å²) in [6.07, 6.45) is 6.75. The van der Waals surface area contributed by atoms with Crippen molar-refractivity contribution in [2.45, 2.75) is 51.2 Å². The van der Waals surface area contributed by atoms with Crippen LogP contribution in [0.15, 0.2) is 24.3 Å². The minimum Gasteiger partial charge on any atom is -0.497 e. The summed E-state index contributed by atoms with van der Waals surface area (Å²) < 4.78 is 11.3. The molecular weight excluding hydrogens is 250 g/mol. The fraction of sp³-hybridized carbons (Fsp3) is 0.647. The summed E-state index contributed by atoms with van der Waals surface area (Å²) in [6.45, 7) is 2.86. The van der Waals surface area contributed by atoms with Crippen LogP contribution in [-0.4, -0.2) is 19.8 Å². The molecule has 20 heavy (non-hydrogen) atoms. The van der Waals surface area contributed by atoms with E-state index in [2.05, 4.69) is 6.92 Å². The molecule has 2 N–H and O–H groups in total. The molecule has 1 fully saturated rings. The molecule has 2 rings (SSSR count). The van der Waals surface area contributed by atoms with Crippen molar-refractivity contribution in [2.75, 3.05) is 13.7 Å². The second-order valence-corrected chi connectivity index (χ2v) is 5.70. The normalized spacial score (nSPS) is 24.4. The van der Waals surface area contributed by atoms with Gasteiger partial charge >= 0.3 is 0 Å². The van der Waals surface area contributed by atoms with Crippen LogP contribution in [-0.2, 0) is 4.74 Å². The molecule has 3 heteroatoms. The van der Waals surface area contributed by atoms with Gasteiger partial charge in [-0.25, -0.2) is 0 Å². The van der Waals surface area contributed by atoms with Crippen molar-refractivity contribution >= 4 is 0 Å². The first kappa shape index (κ1) is 15.3. The van der Waals surface area contributed by atoms with E-state index >= 15 is 0 Å². The lowest BCUT2D eigenvalue weighted by molar-refractivity contribution is -0.0180. The average Bonchev–Trinajstić information content (AvgIpc) is 2.53. The molecule has 3 nitrogen and oxygen atoms in total. The summed E-state index contributed by atoms with van der Waals surface area (Å²) >= 11 is 0. The van der Waals surface area contributed by atoms with Gasteiger partial charge in [0, 0.05) is 0 Å². The van der Waals surface area contributed by atoms with Gasteiger partial charge in [0.25, 0.3) is 0 Å². The fourth-order valence-electron chi connectivity index (χ4n) is 3.03. The Labute approximate surface area is 122 Å². The minimum absolute atomic E-state index is 0.0552. The lowest BCUT2D eigenvalue weighted by Crippen LogP contribution is -2.30. The predicted molar refractivity (Wildman–Crippen MR) is 81.9 cm³/mol. The van der Waals surface area contributed by atoms with Crippen LogP contribution in [0.5, 0.6) is 5.75 Å². The van der Waals surface area contributed by atoms with Gasteiger partial charge in [0.2, 0.25) is 0 Å². The number of rotatable bonds is 6. The monoisotopic (exact) mass is 277 g/mol. The highest BCUT2D eigenvalue weighted by atomic mass is 16.5. The van der Waals surface area contributed by atoms with Gasteiger partial charge in [-0.1, -0.05) is 38.3 Å². The Kier molecular flexibility index (Phi) is 5.86. The lowest BCUT2D eigenvalue weighted by Gasteiger charge is -2.31. The summed E-state index contributed by atoms with van der Waals surface area (Å²) in [5.41, 5.74) is 7.33. The Bertz CT molecular complexity index is 390. The van der Waals surface area contributed by atoms with Crippen molar-refractivity contribution in [3.63, 3.8) is 0 Å². The molecule has 3 unspecified atom stereocenters. The van der Waals surface area contributed by atoms with Crippen LogP contribution in [0.2, 0.25) is 0 Å². The van der Waals surface area contributed by atoms with Crippen molar-refractivity contribution < 1.29 is 9.47 Å². The van der Waals surface area contributed by atoms with E-state index in [-0.39, 0.29) is 6.04 Å². The van der Waals surface area contributed by atoms with Gasteiger partial charge in [-0.2, -0.15) is 0 Å². The number of nitrogens with two attached hydrogens (primary N) is 1. The lowest BCUT2D eigenvalue weighted by atomic mass is 9.85. The zero-order valence-corrected chi connectivity index (χ0v) is 12.7. The highest BCUT2D eigenvalue weighted by molar-refractivity contribution is 5.28. The number of methoxy groups -OCH3 is 1. The third-order valence-electron chi connectivity index (χ3n) is 4.40. The molecule has 0 aromatic heterocycles. The molecule has 0 heterocycles. The summed E-state index contributed by atoms with van der Waals surface area (Å²) in [6, 6.07) is 7.88. The van der Waals surface area contributed by atoms with E-state index in [1.54, 1.807) is 7.11 Å². The van der Waals surface area contributed by atoms with Crippen molar-refractivity contribution in [1.82, 2.24) is 0 Å². The molecule has 1 aliphatic carbocycles. The molecule has 0 spiro atoms. The van der Waals surface area contributed by atoms with Crippen LogP contribution < -0.4 is 10.5 Å². The molecule has 0 saturated heterocycles. The van der Waals surface area contributed by atoms with Crippen LogP contribution >= 0.6 is 0 Å². The predicted octanol–water partition coefficient (Wildman–Crippen LogP) is 3.68. The number of ether oxygens (including phenoxy) is 2. The van der Waals surface area contributed by atoms with Crippen molar-refractivity contribution in [1.29, 1.82) is 0 Å². The van der Waals surface area contributed by atoms with Crippen LogP contribution in [0.3, 0.4) is 0 Å². The zero-order valence-electron chi connectivity index (χ0n) is 12.7. The second kappa shape index (κ2) is 7.65. The summed E-state index contributed by atoms with van der Waals surface area (Å²) in [4.78, 5) is 0. The first-order valence-electron chi connectivity index (χ1n) is 7.75. The molecule has 1 aromatic carbocycles. The Morgan fingerprint density at radius 3 is 2.55 bits per heavy atom. The molecule has 1 aliphatic rings. The van der Waals surface area contributed by atoms with Gasteiger partial charge in [-0.3, -0.25) is 0 Å². The highest BCUT2D eigenvalue weighted by Gasteiger charge is 2.24. The molecule has 1 aromatic rings. The maximum Gasteiger partial charge on any atom is 0.118 e. The van der Waals surface area contributed by atoms with E-state index < -0.39 is 0 Å². The second-order valence-electron chi connectivity index (χ2n) is 5.70. The van der Waals surface area contributed by atoms with E-state index in [0.717, 1.165) is 11.3 Å². The number of benzene rings is 1. The van der Waals surface area contributed by atoms with Crippen molar-refractivity contribution in [2.24, 2.45) is 11.7 Å². The Morgan fingerprint density at radius 1 is 1.20 bits per heavy atom. The number of hydrogen-bond donors (Lipinski definition) is 1. The van der Waals surface area contributed by atoms with E-state index in [4.69, 9.17) is 15.2 Å². The van der Waals surface area contributed by atoms with Crippen molar-refractivity contribution in [3.8, 4) is 5.75 Å². The van der Waals surface area contributed by atoms with E-state index in [1.165, 1.54) is 32.1 Å². The van der Waals surface area contributed by atoms with Crippen LogP contribution in [0, 0.1) is 5.92 Å². The van der Waals surface area contributed by atoms with Crippen LogP contribution in [0.1, 0.15) is 50.6 Å². The summed E-state index contributed by atoms with van der Waals surface area (Å²) in [7, 11) is 1.67. The maximum atomic E-state index is 6.22. The summed E-state index contributed by atoms with van der Waals surface area (Å²) in [5, 5.41) is 0.